The first-order chi connectivity index (χ1) is 12.0. The summed E-state index contributed by atoms with van der Waals surface area (Å²) in [6, 6.07) is 17.7. The number of aromatic hydroxyl groups is 1. The second-order valence-corrected chi connectivity index (χ2v) is 6.24. The van der Waals surface area contributed by atoms with Crippen molar-refractivity contribution in [3.63, 3.8) is 0 Å². The molecular weight excluding hydrogens is 338 g/mol. The number of nitrogens with one attached hydrogen (secondary N) is 1. The number of phenolic OH excluding ortho intramolecular Hbond substituents is 1. The molecule has 5 heteroatoms. The van der Waals surface area contributed by atoms with Gasteiger partial charge in [0.1, 0.15) is 17.3 Å². The lowest BCUT2D eigenvalue weighted by Crippen LogP contribution is -2.27. The number of benzene rings is 2. The summed E-state index contributed by atoms with van der Waals surface area (Å²) in [5.41, 5.74) is 1.73. The average molecular weight is 356 g/mol. The minimum Gasteiger partial charge on any atom is -0.508 e. The molecule has 128 valence electrons. The van der Waals surface area contributed by atoms with E-state index in [0.29, 0.717) is 23.1 Å². The number of hydrogen-bond acceptors (Lipinski definition) is 3. The quantitative estimate of drug-likeness (QED) is 0.695. The van der Waals surface area contributed by atoms with E-state index in [0.717, 1.165) is 11.1 Å². The second-order valence-electron chi connectivity index (χ2n) is 5.81. The Bertz CT molecular complexity index is 871. The van der Waals surface area contributed by atoms with Crippen LogP contribution in [0.15, 0.2) is 65.1 Å². The van der Waals surface area contributed by atoms with Gasteiger partial charge in [-0.3, -0.25) is 4.79 Å². The van der Waals surface area contributed by atoms with Gasteiger partial charge in [0.25, 0.3) is 0 Å². The highest BCUT2D eigenvalue weighted by Crippen LogP contribution is 2.25. The van der Waals surface area contributed by atoms with Gasteiger partial charge in [-0.05, 0) is 48.9 Å². The first kappa shape index (κ1) is 17.1. The van der Waals surface area contributed by atoms with Crippen molar-refractivity contribution >= 4 is 17.5 Å². The molecule has 1 unspecified atom stereocenters. The molecule has 0 aliphatic carbocycles. The van der Waals surface area contributed by atoms with Crippen molar-refractivity contribution in [2.24, 2.45) is 0 Å². The molecular formula is C20H18ClNO3. The fourth-order valence-electron chi connectivity index (χ4n) is 2.51. The van der Waals surface area contributed by atoms with E-state index in [1.54, 1.807) is 30.3 Å². The Morgan fingerprint density at radius 3 is 2.64 bits per heavy atom. The van der Waals surface area contributed by atoms with E-state index in [4.69, 9.17) is 16.0 Å². The van der Waals surface area contributed by atoms with Gasteiger partial charge in [0.2, 0.25) is 5.91 Å². The fraction of sp³-hybridized carbons (Fsp3) is 0.150. The summed E-state index contributed by atoms with van der Waals surface area (Å²) in [6.45, 7) is 2.13. The molecule has 0 aliphatic rings. The van der Waals surface area contributed by atoms with E-state index in [9.17, 15) is 9.90 Å². The topological polar surface area (TPSA) is 62.5 Å². The SMILES string of the molecule is CC(C(=O)NCc1ccc(-c2cccc(Cl)c2)o1)c1ccc(O)cc1. The Hall–Kier alpha value is -2.72. The van der Waals surface area contributed by atoms with Gasteiger partial charge in [-0.2, -0.15) is 0 Å². The summed E-state index contributed by atoms with van der Waals surface area (Å²) in [5, 5.41) is 12.8. The molecule has 0 radical (unpaired) electrons. The van der Waals surface area contributed by atoms with Crippen LogP contribution in [0, 0.1) is 0 Å². The molecule has 2 N–H and O–H groups in total. The summed E-state index contributed by atoms with van der Waals surface area (Å²) in [4.78, 5) is 12.3. The lowest BCUT2D eigenvalue weighted by atomic mass is 10.0. The largest absolute Gasteiger partial charge is 0.508 e. The van der Waals surface area contributed by atoms with E-state index in [1.165, 1.54) is 0 Å². The highest BCUT2D eigenvalue weighted by molar-refractivity contribution is 6.30. The van der Waals surface area contributed by atoms with E-state index < -0.39 is 0 Å². The molecule has 0 aliphatic heterocycles. The van der Waals surface area contributed by atoms with E-state index >= 15 is 0 Å². The maximum absolute atomic E-state index is 12.3. The standard InChI is InChI=1S/C20H18ClNO3/c1-13(14-5-7-17(23)8-6-14)20(24)22-12-18-9-10-19(25-18)15-3-2-4-16(21)11-15/h2-11,13,23H,12H2,1H3,(H,22,24). The number of carbonyl (C=O) groups is 1. The monoisotopic (exact) mass is 355 g/mol. The van der Waals surface area contributed by atoms with Gasteiger partial charge in [0.15, 0.2) is 0 Å². The normalized spacial score (nSPS) is 11.9. The van der Waals surface area contributed by atoms with Gasteiger partial charge >= 0.3 is 0 Å². The van der Waals surface area contributed by atoms with Crippen LogP contribution < -0.4 is 5.32 Å². The van der Waals surface area contributed by atoms with Crippen LogP contribution in [-0.2, 0) is 11.3 Å². The number of rotatable bonds is 5. The molecule has 25 heavy (non-hydrogen) atoms. The van der Waals surface area contributed by atoms with Crippen molar-refractivity contribution in [3.05, 3.63) is 77.0 Å². The number of hydrogen-bond donors (Lipinski definition) is 2. The molecule has 0 saturated heterocycles. The van der Waals surface area contributed by atoms with Gasteiger partial charge in [0, 0.05) is 10.6 Å². The highest BCUT2D eigenvalue weighted by Gasteiger charge is 2.15. The summed E-state index contributed by atoms with van der Waals surface area (Å²) >= 11 is 5.99. The molecule has 0 fully saturated rings. The molecule has 0 bridgehead atoms. The average Bonchev–Trinajstić information content (AvgIpc) is 3.09. The highest BCUT2D eigenvalue weighted by atomic mass is 35.5. The molecule has 0 saturated carbocycles. The van der Waals surface area contributed by atoms with Crippen LogP contribution in [0.2, 0.25) is 5.02 Å². The Morgan fingerprint density at radius 1 is 1.16 bits per heavy atom. The Morgan fingerprint density at radius 2 is 1.92 bits per heavy atom. The number of amides is 1. The maximum Gasteiger partial charge on any atom is 0.227 e. The van der Waals surface area contributed by atoms with E-state index in [2.05, 4.69) is 5.32 Å². The zero-order valence-corrected chi connectivity index (χ0v) is 14.5. The zero-order chi connectivity index (χ0) is 17.8. The third kappa shape index (κ3) is 4.22. The minimum absolute atomic E-state index is 0.105. The minimum atomic E-state index is -0.317. The Kier molecular flexibility index (Phi) is 5.10. The summed E-state index contributed by atoms with van der Waals surface area (Å²) < 4.78 is 5.77. The summed E-state index contributed by atoms with van der Waals surface area (Å²) in [5.74, 6) is 1.13. The zero-order valence-electron chi connectivity index (χ0n) is 13.7. The van der Waals surface area contributed by atoms with Crippen LogP contribution in [0.1, 0.15) is 24.2 Å². The molecule has 3 aromatic rings. The van der Waals surface area contributed by atoms with Gasteiger partial charge in [-0.25, -0.2) is 0 Å². The second kappa shape index (κ2) is 7.45. The predicted octanol–water partition coefficient (Wildman–Crippen LogP) is 4.73. The third-order valence-corrected chi connectivity index (χ3v) is 4.23. The van der Waals surface area contributed by atoms with Gasteiger partial charge in [-0.15, -0.1) is 0 Å². The molecule has 0 spiro atoms. The molecule has 1 atom stereocenters. The van der Waals surface area contributed by atoms with Crippen molar-refractivity contribution in [2.75, 3.05) is 0 Å². The Balaban J connectivity index is 1.62. The fourth-order valence-corrected chi connectivity index (χ4v) is 2.70. The lowest BCUT2D eigenvalue weighted by Gasteiger charge is -2.12. The van der Waals surface area contributed by atoms with Crippen LogP contribution in [0.25, 0.3) is 11.3 Å². The van der Waals surface area contributed by atoms with E-state index in [1.807, 2.05) is 37.3 Å². The van der Waals surface area contributed by atoms with Crippen LogP contribution in [-0.4, -0.2) is 11.0 Å². The number of furan rings is 1. The molecule has 1 heterocycles. The molecule has 3 rings (SSSR count). The first-order valence-corrected chi connectivity index (χ1v) is 8.32. The van der Waals surface area contributed by atoms with Crippen LogP contribution in [0.5, 0.6) is 5.75 Å². The predicted molar refractivity (Wildman–Crippen MR) is 97.5 cm³/mol. The summed E-state index contributed by atoms with van der Waals surface area (Å²) in [6.07, 6.45) is 0. The molecule has 4 nitrogen and oxygen atoms in total. The molecule has 1 amide bonds. The number of halogens is 1. The molecule has 2 aromatic carbocycles. The number of phenols is 1. The van der Waals surface area contributed by atoms with Crippen LogP contribution >= 0.6 is 11.6 Å². The summed E-state index contributed by atoms with van der Waals surface area (Å²) in [7, 11) is 0. The van der Waals surface area contributed by atoms with Crippen molar-refractivity contribution < 1.29 is 14.3 Å². The van der Waals surface area contributed by atoms with Crippen LogP contribution in [0.3, 0.4) is 0 Å². The smallest absolute Gasteiger partial charge is 0.227 e. The molecule has 1 aromatic heterocycles. The maximum atomic E-state index is 12.3. The third-order valence-electron chi connectivity index (χ3n) is 3.99. The van der Waals surface area contributed by atoms with Crippen molar-refractivity contribution in [3.8, 4) is 17.1 Å². The van der Waals surface area contributed by atoms with Gasteiger partial charge < -0.3 is 14.8 Å². The van der Waals surface area contributed by atoms with E-state index in [-0.39, 0.29) is 17.6 Å². The van der Waals surface area contributed by atoms with Gasteiger partial charge in [-0.1, -0.05) is 35.9 Å². The lowest BCUT2D eigenvalue weighted by molar-refractivity contribution is -0.122. The first-order valence-electron chi connectivity index (χ1n) is 7.94. The number of carbonyl (C=O) groups excluding carboxylic acids is 1. The van der Waals surface area contributed by atoms with Crippen LogP contribution in [0.4, 0.5) is 0 Å². The van der Waals surface area contributed by atoms with Crippen molar-refractivity contribution in [1.29, 1.82) is 0 Å². The van der Waals surface area contributed by atoms with Crippen molar-refractivity contribution in [2.45, 2.75) is 19.4 Å². The van der Waals surface area contributed by atoms with Crippen molar-refractivity contribution in [1.82, 2.24) is 5.32 Å². The Labute approximate surface area is 151 Å². The van der Waals surface area contributed by atoms with Gasteiger partial charge in [0.05, 0.1) is 12.5 Å².